The average Bonchev–Trinajstić information content (AvgIpc) is 2.95. The molecule has 2 aliphatic heterocycles. The van der Waals surface area contributed by atoms with Crippen LogP contribution >= 0.6 is 7.52 Å². The van der Waals surface area contributed by atoms with E-state index in [-0.39, 0.29) is 35.1 Å². The van der Waals surface area contributed by atoms with Gasteiger partial charge in [0.05, 0.1) is 30.8 Å². The number of rotatable bonds is 6. The van der Waals surface area contributed by atoms with Crippen LogP contribution in [0.25, 0.3) is 0 Å². The smallest absolute Gasteiger partial charge is 0.348 e. The molecule has 0 aliphatic carbocycles. The topological polar surface area (TPSA) is 100 Å². The minimum atomic E-state index is -3.70. The first-order valence-corrected chi connectivity index (χ1v) is 12.8. The number of hydrogen-bond donors (Lipinski definition) is 2. The van der Waals surface area contributed by atoms with Gasteiger partial charge in [-0.3, -0.25) is 9.36 Å². The molecule has 0 aromatic heterocycles. The quantitative estimate of drug-likeness (QED) is 0.567. The normalized spacial score (nSPS) is 23.4. The lowest BCUT2D eigenvalue weighted by Gasteiger charge is -2.36. The molecule has 0 saturated heterocycles. The monoisotopic (exact) mass is 477 g/mol. The lowest BCUT2D eigenvalue weighted by molar-refractivity contribution is -0.128. The van der Waals surface area contributed by atoms with E-state index in [1.54, 1.807) is 30.0 Å². The molecule has 33 heavy (non-hydrogen) atoms. The zero-order valence-electron chi connectivity index (χ0n) is 20.9. The van der Waals surface area contributed by atoms with Crippen molar-refractivity contribution in [3.05, 3.63) is 29.5 Å². The number of aliphatic hydroxyl groups is 1. The number of fused-ring (bicyclic) bond motifs is 1. The summed E-state index contributed by atoms with van der Waals surface area (Å²) in [6, 6.07) is 4.54. The summed E-state index contributed by atoms with van der Waals surface area (Å²) in [5.41, 5.74) is 0.157. The third-order valence-corrected chi connectivity index (χ3v) is 7.81. The molecule has 8 nitrogen and oxygen atoms in total. The van der Waals surface area contributed by atoms with Gasteiger partial charge in [0.15, 0.2) is 5.84 Å². The highest BCUT2D eigenvalue weighted by Crippen LogP contribution is 2.53. The molecule has 2 aliphatic rings. The van der Waals surface area contributed by atoms with Gasteiger partial charge in [0.2, 0.25) is 0 Å². The standard InChI is InChI=1S/C24H36N3O5P/c1-9-32-33(30)17-14-15(31-8)10-11-16(17)25-21(26-33)18-19(28)20(24(5,6)7)27(22(18)29)13-12-23(2,3)4/h10-11,14,20,28H,9,12-13H2,1-8H3,(H,25,26,30). The minimum Gasteiger partial charge on any atom is -0.509 e. The maximum atomic E-state index is 13.8. The van der Waals surface area contributed by atoms with Crippen molar-refractivity contribution in [3.8, 4) is 5.75 Å². The molecule has 1 aromatic rings. The van der Waals surface area contributed by atoms with Gasteiger partial charge >= 0.3 is 7.52 Å². The third kappa shape index (κ3) is 4.97. The van der Waals surface area contributed by atoms with Crippen LogP contribution in [-0.2, 0) is 13.9 Å². The van der Waals surface area contributed by atoms with Crippen molar-refractivity contribution in [2.45, 2.75) is 60.9 Å². The van der Waals surface area contributed by atoms with Gasteiger partial charge in [-0.05, 0) is 42.4 Å². The molecule has 0 radical (unpaired) electrons. The molecule has 2 N–H and O–H groups in total. The molecule has 0 spiro atoms. The molecule has 2 atom stereocenters. The van der Waals surface area contributed by atoms with Crippen LogP contribution in [0, 0.1) is 10.8 Å². The molecule has 0 saturated carbocycles. The van der Waals surface area contributed by atoms with Gasteiger partial charge in [-0.25, -0.2) is 0 Å². The van der Waals surface area contributed by atoms with Gasteiger partial charge in [0, 0.05) is 6.54 Å². The fraction of sp³-hybridized carbons (Fsp3) is 0.583. The first-order valence-electron chi connectivity index (χ1n) is 11.3. The number of ether oxygens (including phenoxy) is 1. The number of methoxy groups -OCH3 is 1. The molecular formula is C24H36N3O5P. The highest BCUT2D eigenvalue weighted by atomic mass is 31.2. The van der Waals surface area contributed by atoms with Gasteiger partial charge in [-0.2, -0.15) is 4.76 Å². The van der Waals surface area contributed by atoms with Crippen LogP contribution in [0.2, 0.25) is 0 Å². The predicted molar refractivity (Wildman–Crippen MR) is 132 cm³/mol. The molecule has 182 valence electrons. The van der Waals surface area contributed by atoms with E-state index in [9.17, 15) is 14.5 Å². The van der Waals surface area contributed by atoms with Crippen LogP contribution in [0.4, 0.5) is 5.69 Å². The Morgan fingerprint density at radius 3 is 2.42 bits per heavy atom. The van der Waals surface area contributed by atoms with E-state index in [0.29, 0.717) is 23.3 Å². The van der Waals surface area contributed by atoms with Crippen molar-refractivity contribution >= 4 is 30.3 Å². The zero-order valence-corrected chi connectivity index (χ0v) is 21.7. The van der Waals surface area contributed by atoms with E-state index in [2.05, 4.69) is 30.9 Å². The molecule has 9 heteroatoms. The van der Waals surface area contributed by atoms with E-state index >= 15 is 0 Å². The highest BCUT2D eigenvalue weighted by molar-refractivity contribution is 7.66. The van der Waals surface area contributed by atoms with Crippen LogP contribution in [0.15, 0.2) is 34.3 Å². The average molecular weight is 478 g/mol. The Hall–Kier alpha value is -2.31. The first-order chi connectivity index (χ1) is 15.2. The second-order valence-electron chi connectivity index (χ2n) is 10.7. The maximum absolute atomic E-state index is 13.8. The highest BCUT2D eigenvalue weighted by Gasteiger charge is 2.48. The number of nitrogens with one attached hydrogen (secondary N) is 1. The number of amides is 1. The maximum Gasteiger partial charge on any atom is 0.348 e. The summed E-state index contributed by atoms with van der Waals surface area (Å²) in [6.45, 7) is 14.7. The first kappa shape index (κ1) is 25.3. The summed E-state index contributed by atoms with van der Waals surface area (Å²) in [6.07, 6.45) is 0.770. The van der Waals surface area contributed by atoms with E-state index in [4.69, 9.17) is 9.26 Å². The van der Waals surface area contributed by atoms with Crippen LogP contribution < -0.4 is 15.4 Å². The SMILES string of the molecule is CCOP1(=O)N=C(C2=C(O)C(C(C)(C)C)N(CCC(C)(C)C)C2=O)Nc2ccc(OC)cc21. The number of benzene rings is 1. The Morgan fingerprint density at radius 2 is 1.88 bits per heavy atom. The van der Waals surface area contributed by atoms with Crippen LogP contribution in [0.5, 0.6) is 5.75 Å². The van der Waals surface area contributed by atoms with Gasteiger partial charge in [-0.15, -0.1) is 0 Å². The van der Waals surface area contributed by atoms with Crippen LogP contribution in [0.1, 0.15) is 54.9 Å². The third-order valence-electron chi connectivity index (χ3n) is 5.76. The number of carbonyl (C=O) groups excluding carboxylic acids is 1. The van der Waals surface area contributed by atoms with Gasteiger partial charge in [-0.1, -0.05) is 41.5 Å². The van der Waals surface area contributed by atoms with Crippen molar-refractivity contribution in [1.82, 2.24) is 4.90 Å². The Labute approximate surface area is 196 Å². The molecule has 1 aromatic carbocycles. The van der Waals surface area contributed by atoms with E-state index in [1.807, 2.05) is 20.8 Å². The zero-order chi connectivity index (χ0) is 24.8. The number of amidine groups is 1. The molecule has 0 bridgehead atoms. The molecule has 1 amide bonds. The Kier molecular flexibility index (Phi) is 6.75. The van der Waals surface area contributed by atoms with Crippen molar-refractivity contribution in [3.63, 3.8) is 0 Å². The fourth-order valence-electron chi connectivity index (χ4n) is 4.14. The van der Waals surface area contributed by atoms with Crippen LogP contribution in [0.3, 0.4) is 0 Å². The van der Waals surface area contributed by atoms with Crippen LogP contribution in [-0.4, -0.2) is 48.1 Å². The lowest BCUT2D eigenvalue weighted by atomic mass is 9.84. The Bertz CT molecular complexity index is 1050. The Balaban J connectivity index is 2.10. The molecule has 2 heterocycles. The summed E-state index contributed by atoms with van der Waals surface area (Å²) < 4.78 is 29.1. The number of hydrogen-bond acceptors (Lipinski definition) is 6. The molecule has 3 rings (SSSR count). The molecule has 0 fully saturated rings. The van der Waals surface area contributed by atoms with Crippen molar-refractivity contribution in [2.24, 2.45) is 15.6 Å². The van der Waals surface area contributed by atoms with Gasteiger partial charge in [0.25, 0.3) is 5.91 Å². The number of aliphatic hydroxyl groups excluding tert-OH is 1. The largest absolute Gasteiger partial charge is 0.509 e. The number of nitrogens with zero attached hydrogens (tertiary/aromatic N) is 2. The van der Waals surface area contributed by atoms with Gasteiger partial charge < -0.3 is 24.6 Å². The summed E-state index contributed by atoms with van der Waals surface area (Å²) in [5, 5.41) is 14.8. The number of anilines is 1. The van der Waals surface area contributed by atoms with Crippen molar-refractivity contribution in [2.75, 3.05) is 25.6 Å². The second-order valence-corrected chi connectivity index (χ2v) is 12.7. The van der Waals surface area contributed by atoms with Crippen molar-refractivity contribution in [1.29, 1.82) is 0 Å². The second kappa shape index (κ2) is 8.80. The summed E-state index contributed by atoms with van der Waals surface area (Å²) >= 11 is 0. The van der Waals surface area contributed by atoms with Gasteiger partial charge in [0.1, 0.15) is 17.1 Å². The summed E-state index contributed by atoms with van der Waals surface area (Å²) in [7, 11) is -2.17. The fourth-order valence-corrected chi connectivity index (χ4v) is 5.94. The van der Waals surface area contributed by atoms with Crippen molar-refractivity contribution < 1.29 is 23.7 Å². The molecule has 2 unspecified atom stereocenters. The van der Waals surface area contributed by atoms with E-state index in [1.165, 1.54) is 7.11 Å². The number of carbonyl (C=O) groups is 1. The molecular weight excluding hydrogens is 441 g/mol. The summed E-state index contributed by atoms with van der Waals surface area (Å²) in [4.78, 5) is 15.3. The summed E-state index contributed by atoms with van der Waals surface area (Å²) in [5.74, 6) is 0.198. The Morgan fingerprint density at radius 1 is 1.21 bits per heavy atom. The van der Waals surface area contributed by atoms with E-state index in [0.717, 1.165) is 6.42 Å². The van der Waals surface area contributed by atoms with E-state index < -0.39 is 19.0 Å². The minimum absolute atomic E-state index is 0.0182. The predicted octanol–water partition coefficient (Wildman–Crippen LogP) is 4.88. The lowest BCUT2D eigenvalue weighted by Crippen LogP contribution is -2.45.